The van der Waals surface area contributed by atoms with Crippen molar-refractivity contribution in [3.63, 3.8) is 0 Å². The Balaban J connectivity index is 2.48. The van der Waals surface area contributed by atoms with Gasteiger partial charge >= 0.3 is 12.1 Å². The lowest BCUT2D eigenvalue weighted by atomic mass is 9.87. The Hall–Kier alpha value is -1.84. The van der Waals surface area contributed by atoms with E-state index in [0.717, 1.165) is 5.06 Å². The number of benzene rings is 1. The van der Waals surface area contributed by atoms with E-state index >= 15 is 0 Å². The summed E-state index contributed by atoms with van der Waals surface area (Å²) >= 11 is 0. The minimum absolute atomic E-state index is 0.123. The highest BCUT2D eigenvalue weighted by atomic mass is 19.4. The Morgan fingerprint density at radius 1 is 1.38 bits per heavy atom. The summed E-state index contributed by atoms with van der Waals surface area (Å²) in [6.07, 6.45) is -5.18. The second kappa shape index (κ2) is 6.58. The first-order valence-electron chi connectivity index (χ1n) is 7.17. The number of ether oxygens (including phenoxy) is 2. The Morgan fingerprint density at radius 2 is 1.96 bits per heavy atom. The van der Waals surface area contributed by atoms with E-state index in [2.05, 4.69) is 4.84 Å². The summed E-state index contributed by atoms with van der Waals surface area (Å²) < 4.78 is 49.8. The molecule has 134 valence electrons. The summed E-state index contributed by atoms with van der Waals surface area (Å²) in [5.74, 6) is -6.35. The number of carbonyl (C=O) groups is 1. The fraction of sp³-hybridized carbons (Fsp3) is 0.533. The third-order valence-electron chi connectivity index (χ3n) is 3.82. The zero-order valence-corrected chi connectivity index (χ0v) is 13.3. The van der Waals surface area contributed by atoms with E-state index in [1.807, 2.05) is 0 Å². The van der Waals surface area contributed by atoms with E-state index in [4.69, 9.17) is 9.47 Å². The maximum absolute atomic E-state index is 13.3. The smallest absolute Gasteiger partial charge is 0.445 e. The zero-order chi connectivity index (χ0) is 18.1. The number of nitrogens with zero attached hydrogens (tertiary/aromatic N) is 1. The van der Waals surface area contributed by atoms with E-state index in [0.29, 0.717) is 11.3 Å². The van der Waals surface area contributed by atoms with Crippen molar-refractivity contribution in [1.29, 1.82) is 0 Å². The third kappa shape index (κ3) is 3.06. The van der Waals surface area contributed by atoms with Crippen LogP contribution in [0.15, 0.2) is 24.3 Å². The minimum Gasteiger partial charge on any atom is -0.497 e. The van der Waals surface area contributed by atoms with E-state index in [-0.39, 0.29) is 6.61 Å². The predicted molar refractivity (Wildman–Crippen MR) is 75.7 cm³/mol. The molecule has 2 rings (SSSR count). The second-order valence-electron chi connectivity index (χ2n) is 5.28. The molecule has 3 atom stereocenters. The molecule has 0 amide bonds. The van der Waals surface area contributed by atoms with Gasteiger partial charge in [0, 0.05) is 7.05 Å². The number of halogens is 3. The average molecular weight is 349 g/mol. The van der Waals surface area contributed by atoms with Crippen LogP contribution in [-0.2, 0) is 14.4 Å². The van der Waals surface area contributed by atoms with Gasteiger partial charge in [-0.05, 0) is 24.6 Å². The van der Waals surface area contributed by atoms with E-state index in [1.165, 1.54) is 45.3 Å². The Bertz CT molecular complexity index is 592. The molecule has 1 saturated heterocycles. The first-order valence-corrected chi connectivity index (χ1v) is 7.17. The maximum Gasteiger partial charge on any atom is 0.445 e. The number of alkyl halides is 3. The molecule has 0 unspecified atom stereocenters. The monoisotopic (exact) mass is 349 g/mol. The van der Waals surface area contributed by atoms with Crippen molar-refractivity contribution >= 4 is 5.97 Å². The molecular weight excluding hydrogens is 331 g/mol. The summed E-state index contributed by atoms with van der Waals surface area (Å²) in [5, 5.41) is 10.9. The van der Waals surface area contributed by atoms with Crippen LogP contribution in [-0.4, -0.2) is 48.9 Å². The SMILES string of the molecule is CCOC(=O)[C@H]1[C@@H](c2ccc(OC)cc2)N(C)O[C@]1(O)C(F)(F)F. The summed E-state index contributed by atoms with van der Waals surface area (Å²) in [7, 11) is 2.66. The van der Waals surface area contributed by atoms with Crippen LogP contribution in [0.3, 0.4) is 0 Å². The summed E-state index contributed by atoms with van der Waals surface area (Å²) in [6, 6.07) is 4.89. The molecule has 6 nitrogen and oxygen atoms in total. The molecular formula is C15H18F3NO5. The largest absolute Gasteiger partial charge is 0.497 e. The van der Waals surface area contributed by atoms with Gasteiger partial charge in [0.1, 0.15) is 11.7 Å². The Labute approximate surface area is 136 Å². The molecule has 0 spiro atoms. The molecule has 0 aromatic heterocycles. The highest BCUT2D eigenvalue weighted by Gasteiger charge is 2.71. The summed E-state index contributed by atoms with van der Waals surface area (Å²) in [6.45, 7) is 1.34. The number of hydrogen-bond donors (Lipinski definition) is 1. The van der Waals surface area contributed by atoms with Crippen LogP contribution in [0.2, 0.25) is 0 Å². The van der Waals surface area contributed by atoms with Crippen molar-refractivity contribution in [2.45, 2.75) is 24.9 Å². The first kappa shape index (κ1) is 18.5. The molecule has 1 fully saturated rings. The Kier molecular flexibility index (Phi) is 5.07. The number of hydroxylamine groups is 2. The number of esters is 1. The van der Waals surface area contributed by atoms with Crippen LogP contribution < -0.4 is 4.74 Å². The lowest BCUT2D eigenvalue weighted by Gasteiger charge is -2.29. The number of aliphatic hydroxyl groups is 1. The molecule has 0 saturated carbocycles. The molecule has 1 aromatic carbocycles. The number of carbonyl (C=O) groups excluding carboxylic acids is 1. The quantitative estimate of drug-likeness (QED) is 0.839. The van der Waals surface area contributed by atoms with Gasteiger partial charge in [-0.15, -0.1) is 0 Å². The molecule has 0 bridgehead atoms. The molecule has 1 aliphatic heterocycles. The van der Waals surface area contributed by atoms with Crippen molar-refractivity contribution in [3.05, 3.63) is 29.8 Å². The van der Waals surface area contributed by atoms with Gasteiger partial charge in [-0.3, -0.25) is 9.63 Å². The molecule has 1 N–H and O–H groups in total. The van der Waals surface area contributed by atoms with Crippen LogP contribution >= 0.6 is 0 Å². The normalized spacial score (nSPS) is 28.0. The zero-order valence-electron chi connectivity index (χ0n) is 13.3. The first-order chi connectivity index (χ1) is 11.2. The van der Waals surface area contributed by atoms with Crippen LogP contribution in [0.1, 0.15) is 18.5 Å². The molecule has 24 heavy (non-hydrogen) atoms. The van der Waals surface area contributed by atoms with Crippen molar-refractivity contribution in [3.8, 4) is 5.75 Å². The lowest BCUT2D eigenvalue weighted by Crippen LogP contribution is -2.53. The van der Waals surface area contributed by atoms with Gasteiger partial charge in [0.15, 0.2) is 0 Å². The lowest BCUT2D eigenvalue weighted by molar-refractivity contribution is -0.400. The van der Waals surface area contributed by atoms with Crippen LogP contribution in [0, 0.1) is 5.92 Å². The highest BCUT2D eigenvalue weighted by Crippen LogP contribution is 2.51. The van der Waals surface area contributed by atoms with Gasteiger partial charge in [-0.2, -0.15) is 18.2 Å². The molecule has 1 heterocycles. The maximum atomic E-state index is 13.3. The molecule has 1 aromatic rings. The number of methoxy groups -OCH3 is 1. The number of hydrogen-bond acceptors (Lipinski definition) is 6. The number of rotatable bonds is 4. The molecule has 0 radical (unpaired) electrons. The molecule has 1 aliphatic rings. The second-order valence-corrected chi connectivity index (χ2v) is 5.28. The van der Waals surface area contributed by atoms with Gasteiger partial charge in [0.2, 0.25) is 0 Å². The van der Waals surface area contributed by atoms with Gasteiger partial charge in [-0.1, -0.05) is 12.1 Å². The van der Waals surface area contributed by atoms with E-state index < -0.39 is 29.9 Å². The highest BCUT2D eigenvalue weighted by molar-refractivity contribution is 5.75. The fourth-order valence-electron chi connectivity index (χ4n) is 2.71. The minimum atomic E-state index is -5.18. The van der Waals surface area contributed by atoms with E-state index in [1.54, 1.807) is 0 Å². The van der Waals surface area contributed by atoms with Gasteiger partial charge in [0.05, 0.1) is 19.8 Å². The topological polar surface area (TPSA) is 68.2 Å². The van der Waals surface area contributed by atoms with Crippen molar-refractivity contribution in [1.82, 2.24) is 5.06 Å². The van der Waals surface area contributed by atoms with Crippen LogP contribution in [0.4, 0.5) is 13.2 Å². The van der Waals surface area contributed by atoms with Crippen molar-refractivity contribution in [2.24, 2.45) is 5.92 Å². The van der Waals surface area contributed by atoms with Crippen LogP contribution in [0.5, 0.6) is 5.75 Å². The Morgan fingerprint density at radius 3 is 2.42 bits per heavy atom. The van der Waals surface area contributed by atoms with Gasteiger partial charge < -0.3 is 14.6 Å². The van der Waals surface area contributed by atoms with Crippen molar-refractivity contribution in [2.75, 3.05) is 20.8 Å². The average Bonchev–Trinajstić information content (AvgIpc) is 2.79. The molecule has 0 aliphatic carbocycles. The van der Waals surface area contributed by atoms with E-state index in [9.17, 15) is 23.1 Å². The third-order valence-corrected chi connectivity index (χ3v) is 3.82. The van der Waals surface area contributed by atoms with Crippen molar-refractivity contribution < 1.29 is 37.4 Å². The van der Waals surface area contributed by atoms with Crippen LogP contribution in [0.25, 0.3) is 0 Å². The predicted octanol–water partition coefficient (Wildman–Crippen LogP) is 2.04. The standard InChI is InChI=1S/C15H18F3NO5/c1-4-23-13(20)11-12(9-5-7-10(22-3)8-6-9)19(2)24-14(11,21)15(16,17)18/h5-8,11-12,21H,4H2,1-3H3/t11-,12-,14+/m1/s1. The van der Waals surface area contributed by atoms with Gasteiger partial charge in [-0.25, -0.2) is 0 Å². The summed E-state index contributed by atoms with van der Waals surface area (Å²) in [5.41, 5.74) is 0.344. The van der Waals surface area contributed by atoms with Gasteiger partial charge in [0.25, 0.3) is 5.79 Å². The summed E-state index contributed by atoms with van der Waals surface area (Å²) in [4.78, 5) is 16.8. The fourth-order valence-corrected chi connectivity index (χ4v) is 2.71. The molecule has 9 heteroatoms.